The van der Waals surface area contributed by atoms with Crippen LogP contribution in [0.15, 0.2) is 77.6 Å². The summed E-state index contributed by atoms with van der Waals surface area (Å²) in [5, 5.41) is 3.11. The second-order valence-electron chi connectivity index (χ2n) is 9.76. The molecule has 0 aliphatic carbocycles. The van der Waals surface area contributed by atoms with Crippen molar-refractivity contribution in [3.8, 4) is 11.4 Å². The summed E-state index contributed by atoms with van der Waals surface area (Å²) < 4.78 is 46.3. The molecule has 0 saturated carbocycles. The predicted octanol–water partition coefficient (Wildman–Crippen LogP) is 7.05. The second kappa shape index (κ2) is 11.8. The molecular formula is C30H31F3N4O3. The first-order valence-corrected chi connectivity index (χ1v) is 13.0. The lowest BCUT2D eigenvalue weighted by molar-refractivity contribution is -0.137. The lowest BCUT2D eigenvalue weighted by atomic mass is 10.1. The molecule has 0 aliphatic rings. The fraction of sp³-hybridized carbons (Fsp3) is 0.300. The van der Waals surface area contributed by atoms with Gasteiger partial charge in [-0.2, -0.15) is 13.2 Å². The normalized spacial score (nSPS) is 12.4. The van der Waals surface area contributed by atoms with Gasteiger partial charge in [-0.15, -0.1) is 0 Å². The second-order valence-corrected chi connectivity index (χ2v) is 9.76. The zero-order valence-electron chi connectivity index (χ0n) is 22.7. The van der Waals surface area contributed by atoms with E-state index in [0.717, 1.165) is 12.1 Å². The molecule has 0 fully saturated rings. The summed E-state index contributed by atoms with van der Waals surface area (Å²) in [6.07, 6.45) is -4.48. The van der Waals surface area contributed by atoms with E-state index >= 15 is 0 Å². The highest BCUT2D eigenvalue weighted by atomic mass is 19.4. The number of para-hydroxylation sites is 3. The van der Waals surface area contributed by atoms with Crippen LogP contribution in [0.4, 0.5) is 23.7 Å². The maximum Gasteiger partial charge on any atom is 0.416 e. The molecule has 4 aromatic rings. The van der Waals surface area contributed by atoms with E-state index in [9.17, 15) is 22.8 Å². The number of alkyl halides is 3. The number of amides is 2. The van der Waals surface area contributed by atoms with E-state index < -0.39 is 23.8 Å². The zero-order valence-corrected chi connectivity index (χ0v) is 22.7. The van der Waals surface area contributed by atoms with E-state index in [0.29, 0.717) is 41.3 Å². The Morgan fingerprint density at radius 3 is 2.30 bits per heavy atom. The Morgan fingerprint density at radius 2 is 1.65 bits per heavy atom. The van der Waals surface area contributed by atoms with E-state index in [4.69, 9.17) is 9.72 Å². The van der Waals surface area contributed by atoms with Gasteiger partial charge >= 0.3 is 12.2 Å². The quantitative estimate of drug-likeness (QED) is 0.254. The van der Waals surface area contributed by atoms with Gasteiger partial charge in [0.15, 0.2) is 0 Å². The number of carbonyl (C=O) groups excluding carboxylic acids is 1. The molecule has 0 bridgehead atoms. The number of carbonyl (C=O) groups is 1. The van der Waals surface area contributed by atoms with Crippen molar-refractivity contribution in [1.82, 2.24) is 14.5 Å². The number of benzene rings is 3. The smallest absolute Gasteiger partial charge is 0.416 e. The number of ether oxygens (including phenoxy) is 1. The molecule has 4 rings (SSSR count). The summed E-state index contributed by atoms with van der Waals surface area (Å²) in [6, 6.07) is 17.1. The number of anilines is 1. The van der Waals surface area contributed by atoms with E-state index in [2.05, 4.69) is 5.32 Å². The Bertz CT molecular complexity index is 1550. The van der Waals surface area contributed by atoms with Crippen LogP contribution in [0.3, 0.4) is 0 Å². The summed E-state index contributed by atoms with van der Waals surface area (Å²) in [6.45, 7) is 8.17. The van der Waals surface area contributed by atoms with Gasteiger partial charge in [-0.05, 0) is 68.3 Å². The van der Waals surface area contributed by atoms with Gasteiger partial charge in [0.05, 0.1) is 34.8 Å². The summed E-state index contributed by atoms with van der Waals surface area (Å²) >= 11 is 0. The third-order valence-electron chi connectivity index (χ3n) is 6.34. The fourth-order valence-electron chi connectivity index (χ4n) is 4.47. The molecule has 0 saturated heterocycles. The van der Waals surface area contributed by atoms with E-state index in [1.807, 2.05) is 20.8 Å². The number of hydrogen-bond donors (Lipinski definition) is 1. The standard InChI is InChI=1S/C30H31F3N4O3/c1-5-40-26-13-9-8-12-25(26)37-27(35-24-11-7-6-10-23(24)28(37)38)20(4)36(18-19(2)3)29(39)34-22-16-14-21(15-17-22)30(31,32)33/h6-17,19-20H,5,18H2,1-4H3,(H,34,39). The van der Waals surface area contributed by atoms with Gasteiger partial charge in [0.2, 0.25) is 0 Å². The average Bonchev–Trinajstić information content (AvgIpc) is 2.91. The minimum Gasteiger partial charge on any atom is -0.492 e. The van der Waals surface area contributed by atoms with Crippen LogP contribution in [0.2, 0.25) is 0 Å². The first kappa shape index (κ1) is 28.7. The molecule has 3 aromatic carbocycles. The van der Waals surface area contributed by atoms with Crippen molar-refractivity contribution in [3.63, 3.8) is 0 Å². The SMILES string of the molecule is CCOc1ccccc1-n1c(C(C)N(CC(C)C)C(=O)Nc2ccc(C(F)(F)F)cc2)nc2ccccc2c1=O. The van der Waals surface area contributed by atoms with Crippen LogP contribution in [-0.2, 0) is 6.18 Å². The number of fused-ring (bicyclic) bond motifs is 1. The molecule has 2 amide bonds. The summed E-state index contributed by atoms with van der Waals surface area (Å²) in [4.78, 5) is 33.8. The Balaban J connectivity index is 1.81. The first-order chi connectivity index (χ1) is 19.0. The molecule has 0 spiro atoms. The van der Waals surface area contributed by atoms with Gasteiger partial charge in [-0.25, -0.2) is 9.78 Å². The number of nitrogens with zero attached hydrogens (tertiary/aromatic N) is 3. The lowest BCUT2D eigenvalue weighted by Gasteiger charge is -2.32. The molecule has 1 unspecified atom stereocenters. The molecule has 0 radical (unpaired) electrons. The predicted molar refractivity (Wildman–Crippen MR) is 149 cm³/mol. The molecular weight excluding hydrogens is 521 g/mol. The van der Waals surface area contributed by atoms with Gasteiger partial charge in [0.1, 0.15) is 11.6 Å². The van der Waals surface area contributed by atoms with Crippen LogP contribution < -0.4 is 15.6 Å². The van der Waals surface area contributed by atoms with Crippen LogP contribution >= 0.6 is 0 Å². The van der Waals surface area contributed by atoms with E-state index in [1.54, 1.807) is 55.5 Å². The highest BCUT2D eigenvalue weighted by Crippen LogP contribution is 2.31. The van der Waals surface area contributed by atoms with Crippen molar-refractivity contribution in [3.05, 3.63) is 94.5 Å². The van der Waals surface area contributed by atoms with Crippen LogP contribution in [0, 0.1) is 5.92 Å². The molecule has 40 heavy (non-hydrogen) atoms. The van der Waals surface area contributed by atoms with Gasteiger partial charge < -0.3 is 15.0 Å². The number of urea groups is 1. The topological polar surface area (TPSA) is 76.5 Å². The lowest BCUT2D eigenvalue weighted by Crippen LogP contribution is -2.41. The average molecular weight is 553 g/mol. The number of rotatable bonds is 8. The number of halogens is 3. The molecule has 1 aromatic heterocycles. The van der Waals surface area contributed by atoms with Crippen molar-refractivity contribution in [2.24, 2.45) is 5.92 Å². The maximum atomic E-state index is 13.9. The maximum absolute atomic E-state index is 13.9. The number of nitrogens with one attached hydrogen (secondary N) is 1. The summed E-state index contributed by atoms with van der Waals surface area (Å²) in [7, 11) is 0. The highest BCUT2D eigenvalue weighted by Gasteiger charge is 2.31. The minimum atomic E-state index is -4.48. The number of hydrogen-bond acceptors (Lipinski definition) is 4. The summed E-state index contributed by atoms with van der Waals surface area (Å²) in [5.41, 5.74) is 0.0567. The van der Waals surface area contributed by atoms with Crippen molar-refractivity contribution >= 4 is 22.6 Å². The van der Waals surface area contributed by atoms with Gasteiger partial charge in [0.25, 0.3) is 5.56 Å². The van der Waals surface area contributed by atoms with Crippen molar-refractivity contribution in [2.75, 3.05) is 18.5 Å². The monoisotopic (exact) mass is 552 g/mol. The molecule has 1 heterocycles. The molecule has 1 N–H and O–H groups in total. The van der Waals surface area contributed by atoms with Crippen molar-refractivity contribution in [1.29, 1.82) is 0 Å². The fourth-order valence-corrected chi connectivity index (χ4v) is 4.47. The molecule has 7 nitrogen and oxygen atoms in total. The van der Waals surface area contributed by atoms with Crippen LogP contribution in [0.25, 0.3) is 16.6 Å². The Hall–Kier alpha value is -4.34. The molecule has 210 valence electrons. The molecule has 10 heteroatoms. The number of aromatic nitrogens is 2. The van der Waals surface area contributed by atoms with Gasteiger partial charge in [-0.1, -0.05) is 38.1 Å². The minimum absolute atomic E-state index is 0.0390. The molecule has 1 atom stereocenters. The van der Waals surface area contributed by atoms with Crippen molar-refractivity contribution in [2.45, 2.75) is 39.9 Å². The third kappa shape index (κ3) is 6.11. The molecule has 0 aliphatic heterocycles. The Labute approximate surface area is 230 Å². The zero-order chi connectivity index (χ0) is 29.0. The third-order valence-corrected chi connectivity index (χ3v) is 6.34. The highest BCUT2D eigenvalue weighted by molar-refractivity contribution is 5.89. The van der Waals surface area contributed by atoms with E-state index in [1.165, 1.54) is 21.6 Å². The van der Waals surface area contributed by atoms with E-state index in [-0.39, 0.29) is 17.2 Å². The van der Waals surface area contributed by atoms with Crippen LogP contribution in [0.1, 0.15) is 45.1 Å². The van der Waals surface area contributed by atoms with Gasteiger partial charge in [-0.3, -0.25) is 9.36 Å². The largest absolute Gasteiger partial charge is 0.492 e. The Morgan fingerprint density at radius 1 is 1.00 bits per heavy atom. The van der Waals surface area contributed by atoms with Crippen LogP contribution in [0.5, 0.6) is 5.75 Å². The van der Waals surface area contributed by atoms with Crippen LogP contribution in [-0.4, -0.2) is 33.6 Å². The first-order valence-electron chi connectivity index (χ1n) is 13.0. The van der Waals surface area contributed by atoms with Gasteiger partial charge in [0, 0.05) is 12.2 Å². The van der Waals surface area contributed by atoms with Crippen molar-refractivity contribution < 1.29 is 22.7 Å². The summed E-state index contributed by atoms with van der Waals surface area (Å²) in [5.74, 6) is 0.846. The Kier molecular flexibility index (Phi) is 8.46.